The molecule has 0 aromatic carbocycles. The molecule has 14 nitrogen and oxygen atoms in total. The van der Waals surface area contributed by atoms with Gasteiger partial charge in [0.2, 0.25) is 0 Å². The second-order valence-electron chi connectivity index (χ2n) is 14.0. The highest BCUT2D eigenvalue weighted by Gasteiger charge is 2.67. The summed E-state index contributed by atoms with van der Waals surface area (Å²) in [5.41, 5.74) is 47.1. The summed E-state index contributed by atoms with van der Waals surface area (Å²) in [5.74, 6) is -22.1. The Labute approximate surface area is 383 Å². The third-order valence-corrected chi connectivity index (χ3v) is 8.01. The Morgan fingerprint density at radius 2 is 0.557 bits per heavy atom. The molecule has 428 valence electrons. The van der Waals surface area contributed by atoms with E-state index in [1.165, 1.54) is 0 Å². The molecule has 0 radical (unpaired) electrons. The lowest BCUT2D eigenvalue weighted by Crippen LogP contribution is -2.49. The highest BCUT2D eigenvalue weighted by Crippen LogP contribution is 2.43. The number of ether oxygens (including phenoxy) is 4. The zero-order valence-corrected chi connectivity index (χ0v) is 36.2. The van der Waals surface area contributed by atoms with Crippen molar-refractivity contribution in [3.63, 3.8) is 0 Å². The molecule has 0 spiro atoms. The molecule has 0 heterocycles. The first-order valence-electron chi connectivity index (χ1n) is 19.5. The molecular weight excluding hydrogens is 1040 g/mol. The number of nitrogens with one attached hydrogen (secondary N) is 1. The van der Waals surface area contributed by atoms with Gasteiger partial charge in [0.15, 0.2) is 0 Å². The number of nitrogens with two attached hydrogens (primary N) is 9. The number of hydrogen-bond acceptors (Lipinski definition) is 14. The molecule has 0 aliphatic rings. The van der Waals surface area contributed by atoms with Crippen LogP contribution in [0.3, 0.4) is 0 Å². The van der Waals surface area contributed by atoms with Crippen molar-refractivity contribution in [1.29, 1.82) is 0 Å². The minimum absolute atomic E-state index is 0.0554. The Balaban J connectivity index is -0.000000419. The monoisotopic (exact) mass is 1100 g/mol. The Kier molecular flexibility index (Phi) is 35.6. The van der Waals surface area contributed by atoms with Crippen molar-refractivity contribution in [1.82, 2.24) is 5.32 Å². The van der Waals surface area contributed by atoms with E-state index in [0.29, 0.717) is 19.4 Å². The van der Waals surface area contributed by atoms with Crippen molar-refractivity contribution in [3.05, 3.63) is 0 Å². The molecule has 5 atom stereocenters. The van der Waals surface area contributed by atoms with E-state index in [1.807, 2.05) is 0 Å². The lowest BCUT2D eigenvalue weighted by molar-refractivity contribution is -0.374. The van der Waals surface area contributed by atoms with E-state index in [2.05, 4.69) is 24.3 Å². The Morgan fingerprint density at radius 1 is 0.343 bits per heavy atom. The predicted molar refractivity (Wildman–Crippen MR) is 199 cm³/mol. The maximum atomic E-state index is 12.8. The molecule has 0 aliphatic heterocycles. The summed E-state index contributed by atoms with van der Waals surface area (Å²) in [5, 5.41) is 2.80. The summed E-state index contributed by atoms with van der Waals surface area (Å²) in [6, 6.07) is -2.84. The van der Waals surface area contributed by atoms with Gasteiger partial charge in [-0.1, -0.05) is 0 Å². The van der Waals surface area contributed by atoms with Gasteiger partial charge >= 0.3 is 73.8 Å². The molecule has 38 heteroatoms. The quantitative estimate of drug-likeness (QED) is 0.0324. The Hall–Kier alpha value is -2.24. The van der Waals surface area contributed by atoms with Gasteiger partial charge in [0, 0.05) is 50.3 Å². The van der Waals surface area contributed by atoms with Crippen LogP contribution in [0.5, 0.6) is 0 Å². The molecule has 0 saturated heterocycles. The second-order valence-corrected chi connectivity index (χ2v) is 14.0. The normalized spacial score (nSPS) is 15.7. The topological polar surface area (TPSA) is 283 Å². The summed E-state index contributed by atoms with van der Waals surface area (Å²) in [6.45, 7) is -3.11. The molecule has 0 saturated carbocycles. The van der Waals surface area contributed by atoms with E-state index < -0.39 is 124 Å². The first-order chi connectivity index (χ1) is 31.5. The third-order valence-electron chi connectivity index (χ3n) is 8.01. The van der Waals surface area contributed by atoms with Crippen molar-refractivity contribution in [2.45, 2.75) is 143 Å². The molecule has 70 heavy (non-hydrogen) atoms. The average Bonchev–Trinajstić information content (AvgIpc) is 3.24. The number of rotatable bonds is 33. The van der Waals surface area contributed by atoms with Gasteiger partial charge in [0.25, 0.3) is 0 Å². The van der Waals surface area contributed by atoms with Crippen LogP contribution in [0.15, 0.2) is 0 Å². The van der Waals surface area contributed by atoms with Gasteiger partial charge < -0.3 is 75.9 Å². The lowest BCUT2D eigenvalue weighted by Gasteiger charge is -2.26. The van der Waals surface area contributed by atoms with Crippen LogP contribution in [0.4, 0.5) is 105 Å². The van der Waals surface area contributed by atoms with Crippen molar-refractivity contribution in [2.75, 3.05) is 59.2 Å². The largest absolute Gasteiger partial charge is 0.425 e. The van der Waals surface area contributed by atoms with Crippen LogP contribution in [0.1, 0.15) is 38.5 Å². The van der Waals surface area contributed by atoms with Crippen LogP contribution < -0.4 is 56.9 Å². The third kappa shape index (κ3) is 27.2. The van der Waals surface area contributed by atoms with Crippen LogP contribution in [-0.2, 0) is 18.9 Å². The molecule has 0 aromatic rings. The minimum atomic E-state index is -5.56. The molecule has 0 bridgehead atoms. The number of halogens is 24. The van der Waals surface area contributed by atoms with Gasteiger partial charge in [-0.15, -0.1) is 0 Å². The van der Waals surface area contributed by atoms with E-state index in [4.69, 9.17) is 51.6 Å². The van der Waals surface area contributed by atoms with Crippen LogP contribution in [0.25, 0.3) is 0 Å². The van der Waals surface area contributed by atoms with Gasteiger partial charge in [0.1, 0.15) is 0 Å². The molecule has 0 amide bonds. The Bertz CT molecular complexity index is 1220. The number of alkyl halides is 24. The van der Waals surface area contributed by atoms with Crippen LogP contribution in [-0.4, -0.2) is 163 Å². The minimum Gasteiger partial charge on any atom is -0.330 e. The van der Waals surface area contributed by atoms with Gasteiger partial charge in [-0.25, -0.2) is 35.1 Å². The van der Waals surface area contributed by atoms with E-state index >= 15 is 0 Å². The predicted octanol–water partition coefficient (Wildman–Crippen LogP) is 4.34. The smallest absolute Gasteiger partial charge is 0.330 e. The van der Waals surface area contributed by atoms with E-state index in [-0.39, 0.29) is 58.0 Å². The zero-order valence-electron chi connectivity index (χ0n) is 36.2. The maximum Gasteiger partial charge on any atom is 0.425 e. The fourth-order valence-corrected chi connectivity index (χ4v) is 3.45. The van der Waals surface area contributed by atoms with Crippen LogP contribution in [0.2, 0.25) is 0 Å². The maximum absolute atomic E-state index is 12.8. The molecule has 0 aliphatic carbocycles. The highest BCUT2D eigenvalue weighted by atomic mass is 19.4. The standard InChI is InChI=1S/C11H22F6N4O.3C7H12F6N2O/c12-9(13)10(14,15)11(16,17)22-5-3-7(19)6-21-8(20)2-1-4-18;3*8-5(9)6(10,11)7(12,13)16-2-1-4(15)3-14/h7-9,21H,1-6,18-20H2;3*4-5H,1-3,14-15H2. The van der Waals surface area contributed by atoms with Crippen LogP contribution >= 0.6 is 0 Å². The highest BCUT2D eigenvalue weighted by molar-refractivity contribution is 4.83. The lowest BCUT2D eigenvalue weighted by atomic mass is 10.2. The molecule has 0 rings (SSSR count). The van der Waals surface area contributed by atoms with Gasteiger partial charge in [-0.2, -0.15) is 70.2 Å². The SMILES string of the molecule is NCC(N)CCOC(F)(F)C(F)(F)C(F)F.NCC(N)CCOC(F)(F)C(F)(F)C(F)F.NCC(N)CCOC(F)(F)C(F)(F)C(F)F.NCCCC(N)NCC(N)CCOC(F)(F)C(F)(F)C(F)F. The molecule has 5 unspecified atom stereocenters. The summed E-state index contributed by atoms with van der Waals surface area (Å²) < 4.78 is 306. The van der Waals surface area contributed by atoms with Crippen molar-refractivity contribution in [3.8, 4) is 0 Å². The fraction of sp³-hybridized carbons (Fsp3) is 1.00. The Morgan fingerprint density at radius 3 is 0.743 bits per heavy atom. The second kappa shape index (κ2) is 33.6. The molecular formula is C32H58F24N10O4. The van der Waals surface area contributed by atoms with Gasteiger partial charge in [-0.05, 0) is 45.1 Å². The summed E-state index contributed by atoms with van der Waals surface area (Å²) in [7, 11) is 0. The summed E-state index contributed by atoms with van der Waals surface area (Å²) in [6.07, 6.45) is -39.0. The van der Waals surface area contributed by atoms with Crippen molar-refractivity contribution in [2.24, 2.45) is 51.6 Å². The molecule has 0 aromatic heterocycles. The summed E-state index contributed by atoms with van der Waals surface area (Å²) >= 11 is 0. The van der Waals surface area contributed by atoms with Crippen molar-refractivity contribution >= 4 is 0 Å². The van der Waals surface area contributed by atoms with E-state index in [9.17, 15) is 105 Å². The molecule has 0 fully saturated rings. The van der Waals surface area contributed by atoms with Crippen molar-refractivity contribution < 1.29 is 124 Å². The van der Waals surface area contributed by atoms with Gasteiger partial charge in [0.05, 0.1) is 32.6 Å². The zero-order chi connectivity index (χ0) is 56.3. The van der Waals surface area contributed by atoms with E-state index in [0.717, 1.165) is 0 Å². The van der Waals surface area contributed by atoms with Gasteiger partial charge in [-0.3, -0.25) is 0 Å². The summed E-state index contributed by atoms with van der Waals surface area (Å²) in [4.78, 5) is 0. The first kappa shape index (κ1) is 74.3. The molecule has 19 N–H and O–H groups in total. The van der Waals surface area contributed by atoms with Crippen LogP contribution in [0, 0.1) is 0 Å². The first-order valence-corrected chi connectivity index (χ1v) is 19.5. The van der Waals surface area contributed by atoms with E-state index in [1.54, 1.807) is 0 Å². The average molecular weight is 1100 g/mol. The number of hydrogen-bond donors (Lipinski definition) is 10. The fourth-order valence-electron chi connectivity index (χ4n) is 3.45.